The van der Waals surface area contributed by atoms with E-state index in [1.54, 1.807) is 0 Å². The van der Waals surface area contributed by atoms with E-state index >= 15 is 0 Å². The Morgan fingerprint density at radius 3 is 2.68 bits per heavy atom. The van der Waals surface area contributed by atoms with Gasteiger partial charge in [-0.15, -0.1) is 0 Å². The fourth-order valence-corrected chi connectivity index (χ4v) is 3.35. The molecule has 0 amide bonds. The van der Waals surface area contributed by atoms with Crippen molar-refractivity contribution in [2.45, 2.75) is 46.3 Å². The highest BCUT2D eigenvalue weighted by Gasteiger charge is 2.29. The van der Waals surface area contributed by atoms with Crippen LogP contribution >= 0.6 is 15.9 Å². The van der Waals surface area contributed by atoms with Gasteiger partial charge in [-0.25, -0.2) is 0 Å². The molecule has 4 nitrogen and oxygen atoms in total. The topological polar surface area (TPSA) is 33.1 Å². The molecule has 0 bridgehead atoms. The Balaban J connectivity index is 2.18. The first-order chi connectivity index (χ1) is 8.90. The number of nitrogens with one attached hydrogen (secondary N) is 1. The maximum Gasteiger partial charge on any atom is 0.0739 e. The lowest BCUT2D eigenvalue weighted by molar-refractivity contribution is 0.0928. The lowest BCUT2D eigenvalue weighted by atomic mass is 9.98. The van der Waals surface area contributed by atoms with Crippen LogP contribution in [0.3, 0.4) is 0 Å². The minimum absolute atomic E-state index is 0.558. The summed E-state index contributed by atoms with van der Waals surface area (Å²) < 4.78 is 3.16. The summed E-state index contributed by atoms with van der Waals surface area (Å²) in [5.74, 6) is 0.660. The molecule has 1 aromatic rings. The van der Waals surface area contributed by atoms with Crippen LogP contribution in [0, 0.1) is 12.8 Å². The minimum atomic E-state index is 0.558. The zero-order valence-corrected chi connectivity index (χ0v) is 14.2. The fourth-order valence-electron chi connectivity index (χ4n) is 2.89. The highest BCUT2D eigenvalue weighted by Crippen LogP contribution is 2.24. The van der Waals surface area contributed by atoms with Crippen molar-refractivity contribution in [3.63, 3.8) is 0 Å². The third-order valence-electron chi connectivity index (χ3n) is 4.04. The molecule has 0 aromatic carbocycles. The summed E-state index contributed by atoms with van der Waals surface area (Å²) in [5.41, 5.74) is 2.35. The number of piperazine rings is 1. The molecule has 1 saturated heterocycles. The normalized spacial score (nSPS) is 25.2. The molecule has 2 rings (SSSR count). The van der Waals surface area contributed by atoms with Crippen molar-refractivity contribution < 1.29 is 0 Å². The van der Waals surface area contributed by atoms with Crippen molar-refractivity contribution in [2.24, 2.45) is 13.0 Å². The van der Waals surface area contributed by atoms with Gasteiger partial charge in [-0.2, -0.15) is 5.10 Å². The number of halogens is 1. The molecule has 5 heteroatoms. The predicted octanol–water partition coefficient (Wildman–Crippen LogP) is 2.31. The third kappa shape index (κ3) is 3.20. The molecule has 1 aromatic heterocycles. The van der Waals surface area contributed by atoms with Crippen molar-refractivity contribution in [3.8, 4) is 0 Å². The predicted molar refractivity (Wildman–Crippen MR) is 82.1 cm³/mol. The molecular weight excluding hydrogens is 304 g/mol. The maximum atomic E-state index is 4.49. The van der Waals surface area contributed by atoms with E-state index < -0.39 is 0 Å². The van der Waals surface area contributed by atoms with Gasteiger partial charge in [0.05, 0.1) is 15.9 Å². The van der Waals surface area contributed by atoms with Gasteiger partial charge in [-0.3, -0.25) is 9.58 Å². The van der Waals surface area contributed by atoms with E-state index in [-0.39, 0.29) is 0 Å². The molecule has 1 N–H and O–H groups in total. The Morgan fingerprint density at radius 2 is 2.16 bits per heavy atom. The van der Waals surface area contributed by atoms with Crippen LogP contribution in [0.1, 0.15) is 32.2 Å². The molecule has 1 fully saturated rings. The van der Waals surface area contributed by atoms with Gasteiger partial charge >= 0.3 is 0 Å². The fraction of sp³-hybridized carbons (Fsp3) is 0.786. The van der Waals surface area contributed by atoms with Gasteiger partial charge in [0, 0.05) is 38.8 Å². The molecule has 0 aliphatic carbocycles. The van der Waals surface area contributed by atoms with Gasteiger partial charge < -0.3 is 5.32 Å². The average Bonchev–Trinajstić information content (AvgIpc) is 2.56. The molecule has 19 heavy (non-hydrogen) atoms. The molecule has 2 atom stereocenters. The average molecular weight is 329 g/mol. The number of aryl methyl sites for hydroxylation is 2. The highest BCUT2D eigenvalue weighted by molar-refractivity contribution is 9.10. The quantitative estimate of drug-likeness (QED) is 0.924. The van der Waals surface area contributed by atoms with Crippen molar-refractivity contribution in [1.29, 1.82) is 0 Å². The standard InChI is InChI=1S/C14H25BrN4/c1-9(2)12-6-16-10(3)7-19(12)8-13-14(15)11(4)17-18(13)5/h9-10,12,16H,6-8H2,1-5H3. The number of hydrogen-bond acceptors (Lipinski definition) is 3. The second-order valence-electron chi connectivity index (χ2n) is 6.02. The molecule has 1 aliphatic rings. The van der Waals surface area contributed by atoms with Gasteiger partial charge in [0.15, 0.2) is 0 Å². The molecule has 2 unspecified atom stereocenters. The summed E-state index contributed by atoms with van der Waals surface area (Å²) in [5, 5.41) is 8.08. The van der Waals surface area contributed by atoms with Crippen LogP contribution in [0.25, 0.3) is 0 Å². The van der Waals surface area contributed by atoms with Crippen molar-refractivity contribution in [2.75, 3.05) is 13.1 Å². The SMILES string of the molecule is Cc1nn(C)c(CN2CC(C)NCC2C(C)C)c1Br. The van der Waals surface area contributed by atoms with Crippen molar-refractivity contribution in [1.82, 2.24) is 20.0 Å². The van der Waals surface area contributed by atoms with Crippen LogP contribution in [-0.4, -0.2) is 39.9 Å². The Bertz CT molecular complexity index is 441. The van der Waals surface area contributed by atoms with Crippen molar-refractivity contribution in [3.05, 3.63) is 15.9 Å². The lowest BCUT2D eigenvalue weighted by Crippen LogP contribution is -2.56. The number of aromatic nitrogens is 2. The van der Waals surface area contributed by atoms with E-state index in [0.717, 1.165) is 29.8 Å². The van der Waals surface area contributed by atoms with Gasteiger partial charge in [-0.05, 0) is 35.7 Å². The molecule has 108 valence electrons. The number of hydrogen-bond donors (Lipinski definition) is 1. The summed E-state index contributed by atoms with van der Waals surface area (Å²) in [7, 11) is 2.03. The Labute approximate surface area is 124 Å². The molecular formula is C14H25BrN4. The van der Waals surface area contributed by atoms with Gasteiger partial charge in [0.1, 0.15) is 0 Å². The summed E-state index contributed by atoms with van der Waals surface area (Å²) in [4.78, 5) is 2.59. The van der Waals surface area contributed by atoms with E-state index in [9.17, 15) is 0 Å². The zero-order valence-electron chi connectivity index (χ0n) is 12.6. The molecule has 0 saturated carbocycles. The molecule has 2 heterocycles. The van der Waals surface area contributed by atoms with Crippen LogP contribution in [0.15, 0.2) is 4.47 Å². The third-order valence-corrected chi connectivity index (χ3v) is 5.07. The molecule has 1 aliphatic heterocycles. The van der Waals surface area contributed by atoms with Crippen LogP contribution in [0.2, 0.25) is 0 Å². The molecule has 0 radical (unpaired) electrons. The van der Waals surface area contributed by atoms with Crippen LogP contribution < -0.4 is 5.32 Å². The van der Waals surface area contributed by atoms with Gasteiger partial charge in [0.2, 0.25) is 0 Å². The van der Waals surface area contributed by atoms with Crippen LogP contribution in [0.5, 0.6) is 0 Å². The summed E-state index contributed by atoms with van der Waals surface area (Å²) >= 11 is 3.67. The van der Waals surface area contributed by atoms with E-state index in [2.05, 4.69) is 52.0 Å². The summed E-state index contributed by atoms with van der Waals surface area (Å²) in [6.07, 6.45) is 0. The number of nitrogens with zero attached hydrogens (tertiary/aromatic N) is 3. The van der Waals surface area contributed by atoms with Crippen LogP contribution in [0.4, 0.5) is 0 Å². The first kappa shape index (κ1) is 15.0. The van der Waals surface area contributed by atoms with Gasteiger partial charge in [-0.1, -0.05) is 13.8 Å². The van der Waals surface area contributed by atoms with Gasteiger partial charge in [0.25, 0.3) is 0 Å². The molecule has 0 spiro atoms. The summed E-state index contributed by atoms with van der Waals surface area (Å²) in [6.45, 7) is 12.1. The zero-order chi connectivity index (χ0) is 14.2. The monoisotopic (exact) mass is 328 g/mol. The van der Waals surface area contributed by atoms with E-state index in [4.69, 9.17) is 0 Å². The summed E-state index contributed by atoms with van der Waals surface area (Å²) in [6, 6.07) is 1.15. The second kappa shape index (κ2) is 5.94. The first-order valence-electron chi connectivity index (χ1n) is 7.05. The van der Waals surface area contributed by atoms with E-state index in [1.807, 2.05) is 18.7 Å². The maximum absolute atomic E-state index is 4.49. The van der Waals surface area contributed by atoms with Crippen LogP contribution in [-0.2, 0) is 13.6 Å². The Morgan fingerprint density at radius 1 is 1.47 bits per heavy atom. The Kier molecular flexibility index (Phi) is 4.69. The van der Waals surface area contributed by atoms with E-state index in [1.165, 1.54) is 5.69 Å². The number of rotatable bonds is 3. The smallest absolute Gasteiger partial charge is 0.0739 e. The largest absolute Gasteiger partial charge is 0.311 e. The lowest BCUT2D eigenvalue weighted by Gasteiger charge is -2.41. The second-order valence-corrected chi connectivity index (χ2v) is 6.81. The van der Waals surface area contributed by atoms with E-state index in [0.29, 0.717) is 18.0 Å². The minimum Gasteiger partial charge on any atom is -0.311 e. The van der Waals surface area contributed by atoms with Crippen molar-refractivity contribution >= 4 is 15.9 Å². The first-order valence-corrected chi connectivity index (χ1v) is 7.84. The Hall–Kier alpha value is -0.390. The highest BCUT2D eigenvalue weighted by atomic mass is 79.9.